The molecule has 1 N–H and O–H groups in total. The molecule has 5 aromatic rings. The van der Waals surface area contributed by atoms with Crippen LogP contribution in [0.5, 0.6) is 0 Å². The van der Waals surface area contributed by atoms with Crippen molar-refractivity contribution in [1.29, 1.82) is 0 Å². The van der Waals surface area contributed by atoms with Crippen molar-refractivity contribution in [3.8, 4) is 0 Å². The molecule has 3 aromatic carbocycles. The third kappa shape index (κ3) is 5.28. The summed E-state index contributed by atoms with van der Waals surface area (Å²) in [7, 11) is 1.93. The van der Waals surface area contributed by atoms with Gasteiger partial charge in [-0.1, -0.05) is 72.3 Å². The molecule has 0 saturated carbocycles. The van der Waals surface area contributed by atoms with Crippen molar-refractivity contribution in [2.45, 2.75) is 65.5 Å². The Labute approximate surface area is 235 Å². The third-order valence-corrected chi connectivity index (χ3v) is 8.83. The lowest BCUT2D eigenvalue weighted by Gasteiger charge is -2.31. The number of hydrogen-bond acceptors (Lipinski definition) is 6. The maximum atomic E-state index is 4.47. The number of hydrogen-bond donors (Lipinski definition) is 1. The molecule has 0 fully saturated rings. The van der Waals surface area contributed by atoms with Crippen molar-refractivity contribution >= 4 is 11.0 Å². The molecule has 206 valence electrons. The van der Waals surface area contributed by atoms with E-state index >= 15 is 0 Å². The van der Waals surface area contributed by atoms with Crippen molar-refractivity contribution < 1.29 is 0 Å². The smallest absolute Gasteiger partial charge is 0.175 e. The quantitative estimate of drug-likeness (QED) is 0.299. The minimum Gasteiger partial charge on any atom is -0.295 e. The standard InChI is InChI=1S/C32H38N8/c1-5-23-11-13-24-8-6-7-9-26(24)19-40(18-23)20-27-16-25(12-10-21(27)2)29(17-31-33-36-37-34-31)28-14-15-30-32(22(28)3)35-38-39(30)4/h6-10,12,14-16,23,29H,5,11,13,17-20H2,1-4H3,(H,33,34,36,37)/t23-,29?/m0/s1. The normalized spacial score (nSPS) is 16.9. The number of nitrogens with one attached hydrogen (secondary N) is 1. The van der Waals surface area contributed by atoms with Gasteiger partial charge in [-0.2, -0.15) is 5.21 Å². The van der Waals surface area contributed by atoms with E-state index < -0.39 is 0 Å². The van der Waals surface area contributed by atoms with E-state index in [2.05, 4.69) is 111 Å². The predicted octanol–water partition coefficient (Wildman–Crippen LogP) is 5.45. The average molecular weight is 535 g/mol. The lowest BCUT2D eigenvalue weighted by atomic mass is 9.84. The van der Waals surface area contributed by atoms with Crippen molar-refractivity contribution in [1.82, 2.24) is 40.5 Å². The molecule has 0 saturated heterocycles. The van der Waals surface area contributed by atoms with E-state index in [1.54, 1.807) is 0 Å². The minimum atomic E-state index is 0.0693. The molecule has 0 radical (unpaired) electrons. The van der Waals surface area contributed by atoms with Crippen molar-refractivity contribution in [3.63, 3.8) is 0 Å². The maximum Gasteiger partial charge on any atom is 0.175 e. The van der Waals surface area contributed by atoms with Crippen LogP contribution in [0.2, 0.25) is 0 Å². The van der Waals surface area contributed by atoms with E-state index in [4.69, 9.17) is 0 Å². The van der Waals surface area contributed by atoms with Crippen LogP contribution in [-0.2, 0) is 33.0 Å². The fraction of sp³-hybridized carbons (Fsp3) is 0.406. The van der Waals surface area contributed by atoms with E-state index in [1.165, 1.54) is 52.6 Å². The first-order valence-electron chi connectivity index (χ1n) is 14.4. The summed E-state index contributed by atoms with van der Waals surface area (Å²) in [5.74, 6) is 1.49. The Morgan fingerprint density at radius 1 is 1.02 bits per heavy atom. The van der Waals surface area contributed by atoms with Gasteiger partial charge >= 0.3 is 0 Å². The number of aromatic amines is 1. The fourth-order valence-corrected chi connectivity index (χ4v) is 6.34. The molecule has 6 rings (SSSR count). The minimum absolute atomic E-state index is 0.0693. The van der Waals surface area contributed by atoms with Gasteiger partial charge in [0, 0.05) is 39.0 Å². The van der Waals surface area contributed by atoms with E-state index in [-0.39, 0.29) is 5.92 Å². The van der Waals surface area contributed by atoms with Gasteiger partial charge < -0.3 is 0 Å². The second-order valence-corrected chi connectivity index (χ2v) is 11.4. The molecule has 0 bridgehead atoms. The van der Waals surface area contributed by atoms with Gasteiger partial charge in [0.1, 0.15) is 5.52 Å². The molecular formula is C32H38N8. The van der Waals surface area contributed by atoms with Gasteiger partial charge in [0.15, 0.2) is 5.82 Å². The first kappa shape index (κ1) is 26.3. The SMILES string of the molecule is CC[C@H]1CCc2ccccc2CN(Cc2cc(C(Cc3nn[nH]n3)c3ccc4c(nnn4C)c3C)ccc2C)C1. The largest absolute Gasteiger partial charge is 0.295 e. The van der Waals surface area contributed by atoms with Crippen LogP contribution >= 0.6 is 0 Å². The molecule has 1 aliphatic heterocycles. The molecule has 3 heterocycles. The van der Waals surface area contributed by atoms with Crippen LogP contribution in [-0.4, -0.2) is 47.1 Å². The Balaban J connectivity index is 1.37. The summed E-state index contributed by atoms with van der Waals surface area (Å²) in [5.41, 5.74) is 11.3. The van der Waals surface area contributed by atoms with E-state index in [9.17, 15) is 0 Å². The zero-order chi connectivity index (χ0) is 27.6. The Morgan fingerprint density at radius 2 is 1.88 bits per heavy atom. The van der Waals surface area contributed by atoms with Gasteiger partial charge in [-0.15, -0.1) is 15.3 Å². The summed E-state index contributed by atoms with van der Waals surface area (Å²) in [4.78, 5) is 2.66. The molecule has 40 heavy (non-hydrogen) atoms. The molecule has 0 aliphatic carbocycles. The zero-order valence-corrected chi connectivity index (χ0v) is 23.9. The van der Waals surface area contributed by atoms with Crippen molar-refractivity contribution in [2.24, 2.45) is 13.0 Å². The van der Waals surface area contributed by atoms with Crippen LogP contribution in [0.25, 0.3) is 11.0 Å². The lowest BCUT2D eigenvalue weighted by molar-refractivity contribution is 0.198. The van der Waals surface area contributed by atoms with E-state index in [0.29, 0.717) is 18.2 Å². The van der Waals surface area contributed by atoms with Crippen molar-refractivity contribution in [3.05, 3.63) is 99.4 Å². The summed E-state index contributed by atoms with van der Waals surface area (Å²) >= 11 is 0. The lowest BCUT2D eigenvalue weighted by Crippen LogP contribution is -2.31. The number of aromatic nitrogens is 7. The van der Waals surface area contributed by atoms with Crippen LogP contribution in [0.1, 0.15) is 70.5 Å². The highest BCUT2D eigenvalue weighted by molar-refractivity contribution is 5.79. The highest BCUT2D eigenvalue weighted by Gasteiger charge is 2.24. The molecule has 0 spiro atoms. The molecule has 1 aliphatic rings. The van der Waals surface area contributed by atoms with Crippen LogP contribution in [0.3, 0.4) is 0 Å². The van der Waals surface area contributed by atoms with E-state index in [0.717, 1.165) is 36.2 Å². The average Bonchev–Trinajstić information content (AvgIpc) is 3.61. The highest BCUT2D eigenvalue weighted by atomic mass is 15.5. The van der Waals surface area contributed by atoms with Crippen molar-refractivity contribution in [2.75, 3.05) is 6.54 Å². The number of rotatable bonds is 7. The summed E-state index contributed by atoms with van der Waals surface area (Å²) in [6.45, 7) is 9.77. The van der Waals surface area contributed by atoms with Crippen LogP contribution < -0.4 is 0 Å². The number of fused-ring (bicyclic) bond motifs is 2. The maximum absolute atomic E-state index is 4.47. The Hall–Kier alpha value is -3.91. The number of H-pyrrole nitrogens is 1. The topological polar surface area (TPSA) is 88.4 Å². The Morgan fingerprint density at radius 3 is 2.67 bits per heavy atom. The van der Waals surface area contributed by atoms with Gasteiger partial charge in [-0.3, -0.25) is 4.90 Å². The highest BCUT2D eigenvalue weighted by Crippen LogP contribution is 2.34. The number of benzene rings is 3. The summed E-state index contributed by atoms with van der Waals surface area (Å²) in [6.07, 6.45) is 4.30. The molecular weight excluding hydrogens is 496 g/mol. The first-order valence-corrected chi connectivity index (χ1v) is 14.4. The number of nitrogens with zero attached hydrogens (tertiary/aromatic N) is 7. The summed E-state index contributed by atoms with van der Waals surface area (Å²) in [5, 5.41) is 23.8. The molecule has 8 heteroatoms. The van der Waals surface area contributed by atoms with Crippen LogP contribution in [0.4, 0.5) is 0 Å². The van der Waals surface area contributed by atoms with Gasteiger partial charge in [-0.25, -0.2) is 4.68 Å². The number of aryl methyl sites for hydroxylation is 4. The van der Waals surface area contributed by atoms with Gasteiger partial charge in [-0.05, 0) is 77.6 Å². The molecule has 0 amide bonds. The monoisotopic (exact) mass is 534 g/mol. The second kappa shape index (κ2) is 11.3. The van der Waals surface area contributed by atoms with Crippen LogP contribution in [0.15, 0.2) is 54.6 Å². The molecule has 2 atom stereocenters. The first-order chi connectivity index (χ1) is 19.5. The number of tetrazole rings is 1. The summed E-state index contributed by atoms with van der Waals surface area (Å²) < 4.78 is 1.83. The molecule has 8 nitrogen and oxygen atoms in total. The second-order valence-electron chi connectivity index (χ2n) is 11.4. The predicted molar refractivity (Wildman–Crippen MR) is 157 cm³/mol. The van der Waals surface area contributed by atoms with Gasteiger partial charge in [0.2, 0.25) is 0 Å². The Kier molecular flexibility index (Phi) is 7.43. The van der Waals surface area contributed by atoms with Gasteiger partial charge in [0.25, 0.3) is 0 Å². The summed E-state index contributed by atoms with van der Waals surface area (Å²) in [6, 6.07) is 20.3. The third-order valence-electron chi connectivity index (χ3n) is 8.83. The molecule has 2 aromatic heterocycles. The zero-order valence-electron chi connectivity index (χ0n) is 23.9. The van der Waals surface area contributed by atoms with Crippen LogP contribution in [0, 0.1) is 19.8 Å². The fourth-order valence-electron chi connectivity index (χ4n) is 6.34. The molecule has 1 unspecified atom stereocenters. The van der Waals surface area contributed by atoms with Gasteiger partial charge in [0.05, 0.1) is 5.52 Å². The van der Waals surface area contributed by atoms with E-state index in [1.807, 2.05) is 11.7 Å². The Bertz CT molecular complexity index is 1600.